The number of furan rings is 1. The van der Waals surface area contributed by atoms with Crippen LogP contribution in [-0.2, 0) is 0 Å². The van der Waals surface area contributed by atoms with E-state index in [1.54, 1.807) is 30.5 Å². The summed E-state index contributed by atoms with van der Waals surface area (Å²) in [7, 11) is 0. The first-order valence-corrected chi connectivity index (χ1v) is 6.88. The molecule has 1 aromatic carbocycles. The number of ketones is 1. The lowest BCUT2D eigenvalue weighted by molar-refractivity contribution is -0.383. The van der Waals surface area contributed by atoms with Gasteiger partial charge in [0.2, 0.25) is 0 Å². The summed E-state index contributed by atoms with van der Waals surface area (Å²) in [6.45, 7) is 1.90. The van der Waals surface area contributed by atoms with E-state index >= 15 is 0 Å². The average molecular weight is 298 g/mol. The predicted molar refractivity (Wildman–Crippen MR) is 81.0 cm³/mol. The van der Waals surface area contributed by atoms with Crippen LogP contribution in [-0.4, -0.2) is 15.3 Å². The number of carbonyl (C=O) groups is 1. The fourth-order valence-corrected chi connectivity index (χ4v) is 2.62. The molecule has 0 aliphatic rings. The molecule has 0 amide bonds. The Kier molecular flexibility index (Phi) is 3.50. The third-order valence-electron chi connectivity index (χ3n) is 3.69. The van der Waals surface area contributed by atoms with Crippen LogP contribution < -0.4 is 0 Å². The number of hydrogen-bond donors (Lipinski definition) is 0. The minimum absolute atomic E-state index is 0.0702. The lowest BCUT2D eigenvalue weighted by Gasteiger charge is -2.14. The van der Waals surface area contributed by atoms with Gasteiger partial charge in [0.1, 0.15) is 0 Å². The maximum absolute atomic E-state index is 12.1. The van der Waals surface area contributed by atoms with E-state index in [1.807, 2.05) is 17.6 Å². The first kappa shape index (κ1) is 14.1. The molecule has 22 heavy (non-hydrogen) atoms. The van der Waals surface area contributed by atoms with Crippen LogP contribution in [0.4, 0.5) is 5.69 Å². The maximum atomic E-state index is 12.1. The molecule has 0 fully saturated rings. The molecule has 0 N–H and O–H groups in total. The number of Topliss-reactive ketones (excluding diaryl/α,β-unsaturated/α-hetero) is 1. The van der Waals surface area contributed by atoms with Crippen LogP contribution in [0.15, 0.2) is 53.3 Å². The fraction of sp³-hybridized carbons (Fsp3) is 0.188. The number of nitro benzene ring substituents is 1. The number of benzene rings is 1. The summed E-state index contributed by atoms with van der Waals surface area (Å²) >= 11 is 0. The maximum Gasteiger partial charge on any atom is 0.278 e. The van der Waals surface area contributed by atoms with Crippen molar-refractivity contribution in [3.8, 4) is 0 Å². The van der Waals surface area contributed by atoms with Crippen LogP contribution in [0.3, 0.4) is 0 Å². The monoisotopic (exact) mass is 298 g/mol. The molecular weight excluding hydrogens is 284 g/mol. The van der Waals surface area contributed by atoms with Crippen LogP contribution in [0.25, 0.3) is 10.9 Å². The summed E-state index contributed by atoms with van der Waals surface area (Å²) in [4.78, 5) is 22.8. The number of aromatic nitrogens is 1. The Morgan fingerprint density at radius 3 is 2.82 bits per heavy atom. The van der Waals surface area contributed by atoms with E-state index in [0.717, 1.165) is 5.52 Å². The molecule has 2 heterocycles. The molecule has 0 aliphatic heterocycles. The van der Waals surface area contributed by atoms with Gasteiger partial charge in [0.25, 0.3) is 5.69 Å². The molecule has 2 aromatic heterocycles. The van der Waals surface area contributed by atoms with Crippen molar-refractivity contribution in [3.63, 3.8) is 0 Å². The number of rotatable bonds is 5. The number of fused-ring (bicyclic) bond motifs is 1. The van der Waals surface area contributed by atoms with Gasteiger partial charge in [0.15, 0.2) is 11.5 Å². The van der Waals surface area contributed by atoms with Crippen LogP contribution >= 0.6 is 0 Å². The predicted octanol–water partition coefficient (Wildman–Crippen LogP) is 3.98. The van der Waals surface area contributed by atoms with E-state index < -0.39 is 4.92 Å². The SMILES string of the molecule is C[C@@H](CC(=O)c1ccco1)n1ccc2c([N+](=O)[O-])cccc21. The van der Waals surface area contributed by atoms with Crippen LogP contribution in [0, 0.1) is 10.1 Å². The molecule has 0 saturated carbocycles. The smallest absolute Gasteiger partial charge is 0.278 e. The first-order chi connectivity index (χ1) is 10.6. The molecule has 0 aliphatic carbocycles. The van der Waals surface area contributed by atoms with Gasteiger partial charge in [-0.15, -0.1) is 0 Å². The number of nitro groups is 1. The zero-order valence-electron chi connectivity index (χ0n) is 11.9. The quantitative estimate of drug-likeness (QED) is 0.405. The van der Waals surface area contributed by atoms with Gasteiger partial charge in [-0.1, -0.05) is 6.07 Å². The molecule has 3 aromatic rings. The molecule has 0 unspecified atom stereocenters. The number of nitrogens with zero attached hydrogens (tertiary/aromatic N) is 2. The van der Waals surface area contributed by atoms with Crippen LogP contribution in [0.5, 0.6) is 0 Å². The molecule has 0 spiro atoms. The van der Waals surface area contributed by atoms with Gasteiger partial charge in [-0.25, -0.2) is 0 Å². The molecule has 0 radical (unpaired) electrons. The molecule has 3 rings (SSSR count). The van der Waals surface area contributed by atoms with Crippen molar-refractivity contribution in [2.45, 2.75) is 19.4 Å². The largest absolute Gasteiger partial charge is 0.461 e. The van der Waals surface area contributed by atoms with Crippen molar-refractivity contribution in [1.29, 1.82) is 0 Å². The highest BCUT2D eigenvalue weighted by atomic mass is 16.6. The third-order valence-corrected chi connectivity index (χ3v) is 3.69. The Labute approximate surface area is 126 Å². The highest BCUT2D eigenvalue weighted by Gasteiger charge is 2.19. The van der Waals surface area contributed by atoms with Crippen LogP contribution in [0.1, 0.15) is 29.9 Å². The van der Waals surface area contributed by atoms with E-state index in [4.69, 9.17) is 4.42 Å². The van der Waals surface area contributed by atoms with Crippen molar-refractivity contribution >= 4 is 22.4 Å². The lowest BCUT2D eigenvalue weighted by atomic mass is 10.1. The van der Waals surface area contributed by atoms with Gasteiger partial charge in [-0.3, -0.25) is 14.9 Å². The van der Waals surface area contributed by atoms with Crippen molar-refractivity contribution in [1.82, 2.24) is 4.57 Å². The Morgan fingerprint density at radius 2 is 2.14 bits per heavy atom. The van der Waals surface area contributed by atoms with Gasteiger partial charge in [-0.05, 0) is 31.2 Å². The highest BCUT2D eigenvalue weighted by Crippen LogP contribution is 2.29. The molecule has 0 saturated heterocycles. The molecule has 6 nitrogen and oxygen atoms in total. The minimum Gasteiger partial charge on any atom is -0.461 e. The summed E-state index contributed by atoms with van der Waals surface area (Å²) in [5, 5.41) is 11.6. The minimum atomic E-state index is -0.397. The Bertz CT molecular complexity index is 833. The molecule has 1 atom stereocenters. The summed E-state index contributed by atoms with van der Waals surface area (Å²) in [6.07, 6.45) is 3.50. The van der Waals surface area contributed by atoms with Gasteiger partial charge in [0.05, 0.1) is 22.1 Å². The van der Waals surface area contributed by atoms with Gasteiger partial charge in [0, 0.05) is 24.7 Å². The third kappa shape index (κ3) is 2.39. The zero-order chi connectivity index (χ0) is 15.7. The Hall–Kier alpha value is -2.89. The second kappa shape index (κ2) is 5.48. The van der Waals surface area contributed by atoms with E-state index in [2.05, 4.69) is 0 Å². The zero-order valence-corrected chi connectivity index (χ0v) is 11.9. The van der Waals surface area contributed by atoms with E-state index in [0.29, 0.717) is 11.1 Å². The summed E-state index contributed by atoms with van der Waals surface area (Å²) in [5.41, 5.74) is 0.815. The van der Waals surface area contributed by atoms with Crippen LogP contribution in [0.2, 0.25) is 0 Å². The van der Waals surface area contributed by atoms with E-state index in [1.165, 1.54) is 12.3 Å². The first-order valence-electron chi connectivity index (χ1n) is 6.88. The number of non-ortho nitro benzene ring substituents is 1. The number of carbonyl (C=O) groups excluding carboxylic acids is 1. The summed E-state index contributed by atoms with van der Waals surface area (Å²) in [6, 6.07) is 9.83. The number of hydrogen-bond acceptors (Lipinski definition) is 4. The summed E-state index contributed by atoms with van der Waals surface area (Å²) in [5.74, 6) is 0.235. The standard InChI is InChI=1S/C16H14N2O4/c1-11(10-15(19)16-6-3-9-22-16)17-8-7-12-13(17)4-2-5-14(12)18(20)21/h2-9,11H,10H2,1H3/t11-/m0/s1. The van der Waals surface area contributed by atoms with E-state index in [9.17, 15) is 14.9 Å². The molecule has 112 valence electrons. The topological polar surface area (TPSA) is 78.3 Å². The van der Waals surface area contributed by atoms with Crippen molar-refractivity contribution in [3.05, 3.63) is 64.7 Å². The van der Waals surface area contributed by atoms with Gasteiger partial charge < -0.3 is 8.98 Å². The highest BCUT2D eigenvalue weighted by molar-refractivity contribution is 5.94. The molecule has 0 bridgehead atoms. The fourth-order valence-electron chi connectivity index (χ4n) is 2.62. The Morgan fingerprint density at radius 1 is 1.32 bits per heavy atom. The van der Waals surface area contributed by atoms with Gasteiger partial charge in [-0.2, -0.15) is 0 Å². The van der Waals surface area contributed by atoms with Gasteiger partial charge >= 0.3 is 0 Å². The van der Waals surface area contributed by atoms with Crippen molar-refractivity contribution in [2.75, 3.05) is 0 Å². The normalized spacial score (nSPS) is 12.4. The van der Waals surface area contributed by atoms with E-state index in [-0.39, 0.29) is 23.9 Å². The van der Waals surface area contributed by atoms with Crippen molar-refractivity contribution in [2.24, 2.45) is 0 Å². The lowest BCUT2D eigenvalue weighted by Crippen LogP contribution is -2.10. The molecular formula is C16H14N2O4. The summed E-state index contributed by atoms with van der Waals surface area (Å²) < 4.78 is 6.98. The Balaban J connectivity index is 1.92. The second-order valence-electron chi connectivity index (χ2n) is 5.14. The second-order valence-corrected chi connectivity index (χ2v) is 5.14. The average Bonchev–Trinajstić information content (AvgIpc) is 3.16. The molecule has 6 heteroatoms. The van der Waals surface area contributed by atoms with Crippen molar-refractivity contribution < 1.29 is 14.1 Å².